The molecule has 0 atom stereocenters. The molecule has 4 nitrogen and oxygen atoms in total. The smallest absolute Gasteiger partial charge is 0.149 e. The van der Waals surface area contributed by atoms with E-state index < -0.39 is 11.8 Å². The highest BCUT2D eigenvalue weighted by molar-refractivity contribution is 5.98. The Morgan fingerprint density at radius 1 is 0.538 bits per heavy atom. The fraction of sp³-hybridized carbons (Fsp3) is 0.311. The van der Waals surface area contributed by atoms with Crippen molar-refractivity contribution in [3.63, 3.8) is 0 Å². The molecule has 0 radical (unpaired) electrons. The molecule has 0 bridgehead atoms. The zero-order chi connectivity index (χ0) is 48.6. The van der Waals surface area contributed by atoms with E-state index in [0.717, 1.165) is 61.4 Å². The minimum Gasteiger partial charge on any atom is -0.507 e. The molecule has 0 amide bonds. The minimum absolute atomic E-state index is 0.00922. The Kier molecular flexibility index (Phi) is 11.1. The number of fused-ring (bicyclic) bond motifs is 1. The molecule has 0 aliphatic carbocycles. The lowest BCUT2D eigenvalue weighted by molar-refractivity contribution is 0.466. The van der Waals surface area contributed by atoms with E-state index in [0.29, 0.717) is 22.5 Å². The van der Waals surface area contributed by atoms with E-state index in [4.69, 9.17) is 9.97 Å². The highest BCUT2D eigenvalue weighted by atomic mass is 16.3. The summed E-state index contributed by atoms with van der Waals surface area (Å²) in [6.07, 6.45) is 1.90. The summed E-state index contributed by atoms with van der Waals surface area (Å²) in [5.74, 6) is -1.66. The van der Waals surface area contributed by atoms with E-state index in [1.54, 1.807) is 13.8 Å². The monoisotopic (exact) mass is 860 g/mol. The van der Waals surface area contributed by atoms with Gasteiger partial charge in [0, 0.05) is 25.6 Å². The molecule has 332 valence electrons. The Bertz CT molecular complexity index is 3140. The van der Waals surface area contributed by atoms with Gasteiger partial charge in [0.15, 0.2) is 0 Å². The minimum atomic E-state index is -1.16. The van der Waals surface area contributed by atoms with Gasteiger partial charge in [-0.15, -0.1) is 0 Å². The largest absolute Gasteiger partial charge is 0.507 e. The average Bonchev–Trinajstić information content (AvgIpc) is 3.64. The number of aromatic hydroxyl groups is 1. The quantitative estimate of drug-likeness (QED) is 0.166. The van der Waals surface area contributed by atoms with Gasteiger partial charge in [0.05, 0.1) is 28.0 Å². The molecule has 8 rings (SSSR count). The number of nitrogens with zero attached hydrogens (tertiary/aromatic N) is 3. The summed E-state index contributed by atoms with van der Waals surface area (Å²) in [7, 11) is 0. The summed E-state index contributed by atoms with van der Waals surface area (Å²) in [5, 5.41) is 12.5. The number of para-hydroxylation sites is 1. The van der Waals surface area contributed by atoms with E-state index in [1.165, 1.54) is 22.3 Å². The third-order valence-electron chi connectivity index (χ3n) is 12.9. The number of benzene rings is 6. The van der Waals surface area contributed by atoms with Crippen LogP contribution in [0.15, 0.2) is 134 Å². The highest BCUT2D eigenvalue weighted by Crippen LogP contribution is 2.45. The lowest BCUT2D eigenvalue weighted by Gasteiger charge is -2.24. The number of rotatable bonds is 8. The molecule has 0 saturated carbocycles. The van der Waals surface area contributed by atoms with Crippen molar-refractivity contribution >= 4 is 11.0 Å². The van der Waals surface area contributed by atoms with Crippen LogP contribution in [0.2, 0.25) is 0 Å². The molecule has 0 saturated heterocycles. The van der Waals surface area contributed by atoms with Crippen LogP contribution < -0.4 is 0 Å². The summed E-state index contributed by atoms with van der Waals surface area (Å²) < 4.78 is 20.6. The third-order valence-corrected chi connectivity index (χ3v) is 12.9. The number of phenolic OH excluding ortho intramolecular Hbond substituents is 1. The van der Waals surface area contributed by atoms with Crippen LogP contribution in [0.5, 0.6) is 5.75 Å². The Morgan fingerprint density at radius 3 is 1.80 bits per heavy atom. The molecule has 2 heterocycles. The molecule has 0 aliphatic heterocycles. The van der Waals surface area contributed by atoms with E-state index in [-0.39, 0.29) is 22.0 Å². The first-order valence-corrected chi connectivity index (χ1v) is 23.0. The van der Waals surface area contributed by atoms with Gasteiger partial charge in [-0.05, 0) is 134 Å². The first kappa shape index (κ1) is 42.7. The van der Waals surface area contributed by atoms with Gasteiger partial charge in [-0.25, -0.2) is 4.98 Å². The first-order valence-electron chi connectivity index (χ1n) is 24.0. The summed E-state index contributed by atoms with van der Waals surface area (Å²) in [4.78, 5) is 10.6. The second kappa shape index (κ2) is 16.9. The second-order valence-corrected chi connectivity index (χ2v) is 21.5. The van der Waals surface area contributed by atoms with Crippen LogP contribution >= 0.6 is 0 Å². The predicted octanol–water partition coefficient (Wildman–Crippen LogP) is 16.9. The van der Waals surface area contributed by atoms with Crippen molar-refractivity contribution in [2.24, 2.45) is 0 Å². The van der Waals surface area contributed by atoms with Crippen molar-refractivity contribution in [2.45, 2.75) is 125 Å². The predicted molar refractivity (Wildman–Crippen MR) is 277 cm³/mol. The molecule has 0 aliphatic rings. The number of aromatic nitrogens is 3. The summed E-state index contributed by atoms with van der Waals surface area (Å²) in [5.41, 5.74) is 16.9. The lowest BCUT2D eigenvalue weighted by Crippen LogP contribution is -2.12. The number of hydrogen-bond acceptors (Lipinski definition) is 3. The highest BCUT2D eigenvalue weighted by Gasteiger charge is 2.27. The van der Waals surface area contributed by atoms with Gasteiger partial charge in [-0.2, -0.15) is 0 Å². The van der Waals surface area contributed by atoms with Crippen LogP contribution in [0, 0.1) is 6.92 Å². The van der Waals surface area contributed by atoms with Crippen molar-refractivity contribution in [3.05, 3.63) is 167 Å². The van der Waals surface area contributed by atoms with Gasteiger partial charge in [-0.3, -0.25) is 9.55 Å². The Hall–Kier alpha value is -6.26. The molecule has 65 heavy (non-hydrogen) atoms. The third kappa shape index (κ3) is 9.06. The van der Waals surface area contributed by atoms with Crippen LogP contribution in [-0.4, -0.2) is 19.6 Å². The molecule has 4 heteroatoms. The molecule has 0 spiro atoms. The molecule has 0 fully saturated rings. The van der Waals surface area contributed by atoms with Crippen LogP contribution in [0.1, 0.15) is 138 Å². The van der Waals surface area contributed by atoms with Crippen LogP contribution in [0.4, 0.5) is 0 Å². The van der Waals surface area contributed by atoms with Gasteiger partial charge in [0.2, 0.25) is 0 Å². The molecule has 0 unspecified atom stereocenters. The van der Waals surface area contributed by atoms with E-state index in [2.05, 4.69) is 189 Å². The van der Waals surface area contributed by atoms with Crippen molar-refractivity contribution < 1.29 is 7.85 Å². The zero-order valence-corrected chi connectivity index (χ0v) is 41.0. The summed E-state index contributed by atoms with van der Waals surface area (Å²) in [6.45, 7) is 29.5. The van der Waals surface area contributed by atoms with Gasteiger partial charge in [0.1, 0.15) is 11.6 Å². The van der Waals surface area contributed by atoms with Crippen molar-refractivity contribution in [3.8, 4) is 67.5 Å². The lowest BCUT2D eigenvalue weighted by atomic mass is 9.83. The standard InChI is InChI=1S/C61H67N3O/c1-37(2)43-33-50(38(3)4)57(65)52(34-43)58-63-56-49(44-30-45(32-48(31-44)61(12,13)14)53-35-42(28-29-62-53)40-20-18-39(5)19-21-40)16-15-17-55(56)64(58)54-27-26-47(60(9,10)11)36-51(54)41-22-24-46(25-23-41)59(6,7)8/h15-38,65H,1-14H3/i37D,38D. The topological polar surface area (TPSA) is 50.9 Å². The van der Waals surface area contributed by atoms with E-state index >= 15 is 0 Å². The van der Waals surface area contributed by atoms with Crippen LogP contribution in [0.3, 0.4) is 0 Å². The number of imidazole rings is 1. The average molecular weight is 860 g/mol. The van der Waals surface area contributed by atoms with Gasteiger partial charge >= 0.3 is 0 Å². The van der Waals surface area contributed by atoms with Gasteiger partial charge in [0.25, 0.3) is 0 Å². The molecule has 6 aromatic carbocycles. The van der Waals surface area contributed by atoms with E-state index in [1.807, 2.05) is 32.2 Å². The van der Waals surface area contributed by atoms with E-state index in [9.17, 15) is 7.85 Å². The number of phenols is 1. The fourth-order valence-electron chi connectivity index (χ4n) is 8.69. The maximum absolute atomic E-state index is 12.5. The maximum Gasteiger partial charge on any atom is 0.149 e. The second-order valence-electron chi connectivity index (χ2n) is 21.5. The number of hydrogen-bond donors (Lipinski definition) is 1. The number of aryl methyl sites for hydroxylation is 1. The Labute approximate surface area is 391 Å². The Balaban J connectivity index is 1.46. The number of pyridine rings is 1. The maximum atomic E-state index is 12.5. The summed E-state index contributed by atoms with van der Waals surface area (Å²) in [6, 6.07) is 45.3. The fourth-order valence-corrected chi connectivity index (χ4v) is 8.69. The SMILES string of the molecule is [2H]C(C)(C)c1cc(-c2nc3c(-c4cc(-c5cc(-c6ccc(C)cc6)ccn5)cc(C(C)(C)C)c4)cccc3n2-c2ccc(C(C)(C)C)cc2-c2ccc(C(C)(C)C)cc2)c(O)c(C([2H])(C)C)c1. The molecular formula is C61H67N3O. The summed E-state index contributed by atoms with van der Waals surface area (Å²) >= 11 is 0. The van der Waals surface area contributed by atoms with Crippen LogP contribution in [-0.2, 0) is 16.2 Å². The van der Waals surface area contributed by atoms with Crippen molar-refractivity contribution in [1.82, 2.24) is 14.5 Å². The van der Waals surface area contributed by atoms with Gasteiger partial charge in [-0.1, -0.05) is 174 Å². The van der Waals surface area contributed by atoms with Crippen LogP contribution in [0.25, 0.3) is 72.7 Å². The first-order chi connectivity index (χ1) is 31.2. The van der Waals surface area contributed by atoms with Gasteiger partial charge < -0.3 is 5.11 Å². The van der Waals surface area contributed by atoms with Crippen molar-refractivity contribution in [2.75, 3.05) is 0 Å². The molecule has 8 aromatic rings. The molecular weight excluding hydrogens is 791 g/mol. The zero-order valence-electron chi connectivity index (χ0n) is 43.0. The normalized spacial score (nSPS) is 13.3. The molecule has 1 N–H and O–H groups in total. The molecule has 2 aromatic heterocycles. The Morgan fingerprint density at radius 2 is 1.17 bits per heavy atom. The van der Waals surface area contributed by atoms with Crippen molar-refractivity contribution in [1.29, 1.82) is 0 Å².